The minimum atomic E-state index is -0.506. The Bertz CT molecular complexity index is 758. The van der Waals surface area contributed by atoms with Gasteiger partial charge in [0.15, 0.2) is 0 Å². The molecule has 1 aliphatic rings. The van der Waals surface area contributed by atoms with E-state index in [1.807, 2.05) is 18.3 Å². The van der Waals surface area contributed by atoms with Gasteiger partial charge >= 0.3 is 0 Å². The van der Waals surface area contributed by atoms with E-state index in [-0.39, 0.29) is 23.2 Å². The minimum absolute atomic E-state index is 0.140. The maximum atomic E-state index is 12.7. The van der Waals surface area contributed by atoms with Gasteiger partial charge in [0, 0.05) is 50.7 Å². The van der Waals surface area contributed by atoms with Crippen molar-refractivity contribution in [3.8, 4) is 0 Å². The average molecular weight is 340 g/mol. The van der Waals surface area contributed by atoms with Crippen LogP contribution in [0.3, 0.4) is 0 Å². The second-order valence-electron chi connectivity index (χ2n) is 6.06. The fourth-order valence-electron chi connectivity index (χ4n) is 3.13. The highest BCUT2D eigenvalue weighted by molar-refractivity contribution is 5.98. The van der Waals surface area contributed by atoms with Gasteiger partial charge in [-0.25, -0.2) is 0 Å². The Morgan fingerprint density at radius 1 is 1.16 bits per heavy atom. The third-order valence-corrected chi connectivity index (χ3v) is 4.65. The monoisotopic (exact) mass is 340 g/mol. The van der Waals surface area contributed by atoms with Gasteiger partial charge < -0.3 is 4.90 Å². The molecular formula is C18H20N4O3. The lowest BCUT2D eigenvalue weighted by atomic mass is 10.1. The van der Waals surface area contributed by atoms with Crippen LogP contribution in [0.15, 0.2) is 48.8 Å². The third-order valence-electron chi connectivity index (χ3n) is 4.65. The molecule has 1 saturated heterocycles. The van der Waals surface area contributed by atoms with Gasteiger partial charge in [-0.1, -0.05) is 18.2 Å². The second kappa shape index (κ2) is 7.40. The van der Waals surface area contributed by atoms with Crippen LogP contribution in [-0.4, -0.2) is 51.8 Å². The van der Waals surface area contributed by atoms with E-state index in [1.165, 1.54) is 12.1 Å². The predicted octanol–water partition coefficient (Wildman–Crippen LogP) is 2.51. The Balaban J connectivity index is 1.66. The van der Waals surface area contributed by atoms with Gasteiger partial charge in [-0.3, -0.25) is 24.8 Å². The number of aromatic nitrogens is 1. The zero-order chi connectivity index (χ0) is 17.8. The van der Waals surface area contributed by atoms with E-state index in [1.54, 1.807) is 23.2 Å². The largest absolute Gasteiger partial charge is 0.336 e. The van der Waals surface area contributed by atoms with E-state index in [9.17, 15) is 14.9 Å². The van der Waals surface area contributed by atoms with Gasteiger partial charge in [-0.05, 0) is 24.6 Å². The van der Waals surface area contributed by atoms with Gasteiger partial charge in [0.2, 0.25) is 0 Å². The summed E-state index contributed by atoms with van der Waals surface area (Å²) in [4.78, 5) is 31.4. The normalized spacial score (nSPS) is 16.4. The molecule has 0 N–H and O–H groups in total. The minimum Gasteiger partial charge on any atom is -0.336 e. The lowest BCUT2D eigenvalue weighted by molar-refractivity contribution is -0.385. The fraction of sp³-hybridized carbons (Fsp3) is 0.333. The Hall–Kier alpha value is -2.80. The molecule has 7 nitrogen and oxygen atoms in total. The first-order chi connectivity index (χ1) is 12.1. The predicted molar refractivity (Wildman–Crippen MR) is 93.2 cm³/mol. The van der Waals surface area contributed by atoms with Crippen molar-refractivity contribution in [3.63, 3.8) is 0 Å². The molecule has 1 fully saturated rings. The summed E-state index contributed by atoms with van der Waals surface area (Å²) in [5.74, 6) is -0.277. The first-order valence-electron chi connectivity index (χ1n) is 8.24. The number of pyridine rings is 1. The second-order valence-corrected chi connectivity index (χ2v) is 6.06. The molecular weight excluding hydrogens is 320 g/mol. The summed E-state index contributed by atoms with van der Waals surface area (Å²) in [6.07, 6.45) is 3.61. The van der Waals surface area contributed by atoms with Crippen LogP contribution < -0.4 is 0 Å². The number of benzene rings is 1. The van der Waals surface area contributed by atoms with Crippen LogP contribution in [0.5, 0.6) is 0 Å². The summed E-state index contributed by atoms with van der Waals surface area (Å²) in [5, 5.41) is 11.1. The summed E-state index contributed by atoms with van der Waals surface area (Å²) in [7, 11) is 0. The number of rotatable bonds is 4. The molecule has 1 aliphatic heterocycles. The molecule has 1 aromatic carbocycles. The number of hydrogen-bond donors (Lipinski definition) is 0. The Morgan fingerprint density at radius 2 is 1.88 bits per heavy atom. The Kier molecular flexibility index (Phi) is 5.04. The highest BCUT2D eigenvalue weighted by Crippen LogP contribution is 2.23. The van der Waals surface area contributed by atoms with Crippen molar-refractivity contribution >= 4 is 11.6 Å². The molecule has 1 aromatic heterocycles. The van der Waals surface area contributed by atoms with Crippen LogP contribution in [0.4, 0.5) is 5.69 Å². The molecule has 0 aliphatic carbocycles. The van der Waals surface area contributed by atoms with Crippen molar-refractivity contribution in [1.82, 2.24) is 14.8 Å². The summed E-state index contributed by atoms with van der Waals surface area (Å²) in [6.45, 7) is 4.67. The molecule has 0 radical (unpaired) electrons. The smallest absolute Gasteiger partial charge is 0.282 e. The Labute approximate surface area is 146 Å². The highest BCUT2D eigenvalue weighted by atomic mass is 16.6. The number of nitro groups is 1. The molecule has 0 spiro atoms. The topological polar surface area (TPSA) is 79.6 Å². The van der Waals surface area contributed by atoms with Crippen molar-refractivity contribution in [2.45, 2.75) is 13.0 Å². The molecule has 1 atom stereocenters. The third kappa shape index (κ3) is 3.66. The number of nitrogens with zero attached hydrogens (tertiary/aromatic N) is 4. The molecule has 1 amide bonds. The SMILES string of the molecule is C[C@H](c1cccnc1)N1CCN(C(=O)c2ccccc2[N+](=O)[O-])CC1. The summed E-state index contributed by atoms with van der Waals surface area (Å²) in [5.41, 5.74) is 1.15. The van der Waals surface area contributed by atoms with Crippen LogP contribution in [0.25, 0.3) is 0 Å². The van der Waals surface area contributed by atoms with Crippen molar-refractivity contribution in [2.75, 3.05) is 26.2 Å². The molecule has 2 aromatic rings. The van der Waals surface area contributed by atoms with Crippen molar-refractivity contribution < 1.29 is 9.72 Å². The molecule has 25 heavy (non-hydrogen) atoms. The maximum Gasteiger partial charge on any atom is 0.282 e. The molecule has 130 valence electrons. The zero-order valence-corrected chi connectivity index (χ0v) is 14.0. The summed E-state index contributed by atoms with van der Waals surface area (Å²) < 4.78 is 0. The lowest BCUT2D eigenvalue weighted by Crippen LogP contribution is -2.49. The van der Waals surface area contributed by atoms with Gasteiger partial charge in [-0.15, -0.1) is 0 Å². The number of carbonyl (C=O) groups excluding carboxylic acids is 1. The first kappa shape index (κ1) is 17.0. The fourth-order valence-corrected chi connectivity index (χ4v) is 3.13. The maximum absolute atomic E-state index is 12.7. The molecule has 0 bridgehead atoms. The van der Waals surface area contributed by atoms with Crippen LogP contribution in [-0.2, 0) is 0 Å². The number of para-hydroxylation sites is 1. The van der Waals surface area contributed by atoms with Crippen LogP contribution >= 0.6 is 0 Å². The molecule has 0 unspecified atom stereocenters. The Morgan fingerprint density at radius 3 is 2.52 bits per heavy atom. The summed E-state index contributed by atoms with van der Waals surface area (Å²) >= 11 is 0. The summed E-state index contributed by atoms with van der Waals surface area (Å²) in [6, 6.07) is 10.3. The highest BCUT2D eigenvalue weighted by Gasteiger charge is 2.28. The quantitative estimate of drug-likeness (QED) is 0.631. The van der Waals surface area contributed by atoms with Crippen LogP contribution in [0.1, 0.15) is 28.9 Å². The van der Waals surface area contributed by atoms with Crippen molar-refractivity contribution in [2.24, 2.45) is 0 Å². The number of piperazine rings is 1. The zero-order valence-electron chi connectivity index (χ0n) is 14.0. The molecule has 3 rings (SSSR count). The number of carbonyl (C=O) groups is 1. The van der Waals surface area contributed by atoms with E-state index in [4.69, 9.17) is 0 Å². The van der Waals surface area contributed by atoms with E-state index < -0.39 is 4.92 Å². The lowest BCUT2D eigenvalue weighted by Gasteiger charge is -2.38. The van der Waals surface area contributed by atoms with E-state index in [0.29, 0.717) is 13.1 Å². The molecule has 0 saturated carbocycles. The van der Waals surface area contributed by atoms with Gasteiger partial charge in [-0.2, -0.15) is 0 Å². The molecule has 2 heterocycles. The number of amides is 1. The van der Waals surface area contributed by atoms with E-state index in [2.05, 4.69) is 16.8 Å². The van der Waals surface area contributed by atoms with E-state index in [0.717, 1.165) is 18.7 Å². The number of hydrogen-bond acceptors (Lipinski definition) is 5. The molecule has 7 heteroatoms. The van der Waals surface area contributed by atoms with Gasteiger partial charge in [0.1, 0.15) is 5.56 Å². The standard InChI is InChI=1S/C18H20N4O3/c1-14(15-5-4-8-19-13-15)20-9-11-21(12-10-20)18(23)16-6-2-3-7-17(16)22(24)25/h2-8,13-14H,9-12H2,1H3/t14-/m1/s1. The number of nitro benzene ring substituents is 1. The van der Waals surface area contributed by atoms with Crippen molar-refractivity contribution in [3.05, 3.63) is 70.0 Å². The van der Waals surface area contributed by atoms with E-state index >= 15 is 0 Å². The van der Waals surface area contributed by atoms with Crippen molar-refractivity contribution in [1.29, 1.82) is 0 Å². The van der Waals surface area contributed by atoms with Crippen LogP contribution in [0, 0.1) is 10.1 Å². The first-order valence-corrected chi connectivity index (χ1v) is 8.24. The van der Waals surface area contributed by atoms with Crippen LogP contribution in [0.2, 0.25) is 0 Å². The van der Waals surface area contributed by atoms with Gasteiger partial charge in [0.25, 0.3) is 11.6 Å². The van der Waals surface area contributed by atoms with Gasteiger partial charge in [0.05, 0.1) is 4.92 Å². The average Bonchev–Trinajstić information content (AvgIpc) is 2.67.